The van der Waals surface area contributed by atoms with Gasteiger partial charge in [0.15, 0.2) is 0 Å². The van der Waals surface area contributed by atoms with Gasteiger partial charge in [-0.1, -0.05) is 12.1 Å². The molecule has 1 N–H and O–H groups in total. The number of hydrogen-bond donors (Lipinski definition) is 1. The summed E-state index contributed by atoms with van der Waals surface area (Å²) in [7, 11) is 0. The fraction of sp³-hybridized carbons (Fsp3) is 0.0833. The lowest BCUT2D eigenvalue weighted by Gasteiger charge is -2.06. The molecule has 86 valence electrons. The van der Waals surface area contributed by atoms with Crippen molar-refractivity contribution in [3.63, 3.8) is 0 Å². The Hall–Kier alpha value is -2.30. The minimum absolute atomic E-state index is 0.232. The van der Waals surface area contributed by atoms with Gasteiger partial charge in [0.05, 0.1) is 12.1 Å². The summed E-state index contributed by atoms with van der Waals surface area (Å²) in [5, 5.41) is 8.76. The maximum atomic E-state index is 13.6. The minimum atomic E-state index is -1.00. The molecule has 0 radical (unpaired) electrons. The van der Waals surface area contributed by atoms with Crippen LogP contribution in [-0.4, -0.2) is 21.0 Å². The van der Waals surface area contributed by atoms with E-state index in [0.29, 0.717) is 11.3 Å². The highest BCUT2D eigenvalue weighted by atomic mass is 19.1. The zero-order valence-corrected chi connectivity index (χ0v) is 8.80. The lowest BCUT2D eigenvalue weighted by atomic mass is 10.0. The van der Waals surface area contributed by atoms with Crippen LogP contribution in [-0.2, 0) is 11.2 Å². The van der Waals surface area contributed by atoms with E-state index >= 15 is 0 Å². The highest BCUT2D eigenvalue weighted by Gasteiger charge is 2.13. The Labute approximate surface area is 96.8 Å². The Bertz CT molecular complexity index is 558. The van der Waals surface area contributed by atoms with Crippen LogP contribution in [0.15, 0.2) is 36.8 Å². The molecule has 0 saturated heterocycles. The Morgan fingerprint density at radius 3 is 2.82 bits per heavy atom. The van der Waals surface area contributed by atoms with Gasteiger partial charge in [0.1, 0.15) is 12.1 Å². The first kappa shape index (κ1) is 11.2. The van der Waals surface area contributed by atoms with Crippen molar-refractivity contribution in [1.82, 2.24) is 9.97 Å². The lowest BCUT2D eigenvalue weighted by Crippen LogP contribution is -2.04. The van der Waals surface area contributed by atoms with Crippen LogP contribution >= 0.6 is 0 Å². The van der Waals surface area contributed by atoms with Gasteiger partial charge in [0.25, 0.3) is 0 Å². The molecule has 1 aromatic heterocycles. The molecule has 1 heterocycles. The number of aliphatic carboxylic acids is 1. The van der Waals surface area contributed by atoms with Crippen LogP contribution in [0.25, 0.3) is 11.3 Å². The van der Waals surface area contributed by atoms with Crippen molar-refractivity contribution in [2.75, 3.05) is 0 Å². The van der Waals surface area contributed by atoms with E-state index in [0.717, 1.165) is 0 Å². The van der Waals surface area contributed by atoms with Crippen LogP contribution in [0.1, 0.15) is 5.56 Å². The summed E-state index contributed by atoms with van der Waals surface area (Å²) in [6, 6.07) is 6.10. The van der Waals surface area contributed by atoms with E-state index in [4.69, 9.17) is 5.11 Å². The minimum Gasteiger partial charge on any atom is -0.481 e. The van der Waals surface area contributed by atoms with E-state index in [-0.39, 0.29) is 12.0 Å². The molecule has 5 heteroatoms. The normalized spacial score (nSPS) is 10.2. The number of halogens is 1. The summed E-state index contributed by atoms with van der Waals surface area (Å²) in [4.78, 5) is 18.4. The van der Waals surface area contributed by atoms with Crippen LogP contribution < -0.4 is 0 Å². The molecular formula is C12H9FN2O2. The van der Waals surface area contributed by atoms with Crippen molar-refractivity contribution < 1.29 is 14.3 Å². The van der Waals surface area contributed by atoms with Gasteiger partial charge < -0.3 is 5.11 Å². The average molecular weight is 232 g/mol. The Morgan fingerprint density at radius 2 is 2.12 bits per heavy atom. The van der Waals surface area contributed by atoms with Gasteiger partial charge in [0.2, 0.25) is 0 Å². The number of carboxylic acids is 1. The number of rotatable bonds is 3. The predicted octanol–water partition coefficient (Wildman–Crippen LogP) is 1.91. The molecule has 0 saturated carbocycles. The number of benzene rings is 1. The first-order valence-corrected chi connectivity index (χ1v) is 4.94. The third kappa shape index (κ3) is 2.44. The molecule has 17 heavy (non-hydrogen) atoms. The van der Waals surface area contributed by atoms with Gasteiger partial charge in [-0.25, -0.2) is 14.4 Å². The summed E-state index contributed by atoms with van der Waals surface area (Å²) in [5.41, 5.74) is 0.997. The third-order valence-electron chi connectivity index (χ3n) is 2.26. The van der Waals surface area contributed by atoms with Crippen molar-refractivity contribution in [3.05, 3.63) is 48.2 Å². The SMILES string of the molecule is O=C(O)Cc1cncnc1-c1ccccc1F. The van der Waals surface area contributed by atoms with Gasteiger partial charge in [0, 0.05) is 17.3 Å². The van der Waals surface area contributed by atoms with E-state index in [9.17, 15) is 9.18 Å². The van der Waals surface area contributed by atoms with Crippen LogP contribution in [0.4, 0.5) is 4.39 Å². The Balaban J connectivity index is 2.52. The standard InChI is InChI=1S/C12H9FN2O2/c13-10-4-2-1-3-9(10)12-8(5-11(16)17)6-14-7-15-12/h1-4,6-7H,5H2,(H,16,17). The number of hydrogen-bond acceptors (Lipinski definition) is 3. The fourth-order valence-electron chi connectivity index (χ4n) is 1.55. The first-order chi connectivity index (χ1) is 8.18. The van der Waals surface area contributed by atoms with Crippen molar-refractivity contribution >= 4 is 5.97 Å². The van der Waals surface area contributed by atoms with E-state index in [1.807, 2.05) is 0 Å². The predicted molar refractivity (Wildman–Crippen MR) is 58.8 cm³/mol. The quantitative estimate of drug-likeness (QED) is 0.877. The van der Waals surface area contributed by atoms with Crippen molar-refractivity contribution in [2.45, 2.75) is 6.42 Å². The smallest absolute Gasteiger partial charge is 0.307 e. The zero-order chi connectivity index (χ0) is 12.3. The van der Waals surface area contributed by atoms with Crippen molar-refractivity contribution in [1.29, 1.82) is 0 Å². The lowest BCUT2D eigenvalue weighted by molar-refractivity contribution is -0.136. The molecule has 0 fully saturated rings. The van der Waals surface area contributed by atoms with Crippen LogP contribution in [0.5, 0.6) is 0 Å². The molecule has 2 rings (SSSR count). The molecule has 0 atom stereocenters. The summed E-state index contributed by atoms with van der Waals surface area (Å²) in [5.74, 6) is -1.43. The van der Waals surface area contributed by atoms with Crippen LogP contribution in [0.2, 0.25) is 0 Å². The Kier molecular flexibility index (Phi) is 3.09. The highest BCUT2D eigenvalue weighted by Crippen LogP contribution is 2.23. The second-order valence-electron chi connectivity index (χ2n) is 3.45. The number of carboxylic acid groups (broad SMARTS) is 1. The van der Waals surface area contributed by atoms with E-state index < -0.39 is 11.8 Å². The second kappa shape index (κ2) is 4.69. The molecule has 0 amide bonds. The second-order valence-corrected chi connectivity index (χ2v) is 3.45. The molecule has 4 nitrogen and oxygen atoms in total. The van der Waals surface area contributed by atoms with E-state index in [2.05, 4.69) is 9.97 Å². The van der Waals surface area contributed by atoms with Crippen molar-refractivity contribution in [3.8, 4) is 11.3 Å². The molecular weight excluding hydrogens is 223 g/mol. The van der Waals surface area contributed by atoms with Crippen LogP contribution in [0, 0.1) is 5.82 Å². The summed E-state index contributed by atoms with van der Waals surface area (Å²) in [6.07, 6.45) is 2.43. The first-order valence-electron chi connectivity index (χ1n) is 4.94. The maximum Gasteiger partial charge on any atom is 0.307 e. The van der Waals surface area contributed by atoms with Crippen LogP contribution in [0.3, 0.4) is 0 Å². The van der Waals surface area contributed by atoms with E-state index in [1.54, 1.807) is 18.2 Å². The third-order valence-corrected chi connectivity index (χ3v) is 2.26. The number of carbonyl (C=O) groups is 1. The molecule has 0 aliphatic rings. The summed E-state index contributed by atoms with van der Waals surface area (Å²) >= 11 is 0. The summed E-state index contributed by atoms with van der Waals surface area (Å²) < 4.78 is 13.6. The molecule has 0 unspecified atom stereocenters. The monoisotopic (exact) mass is 232 g/mol. The molecule has 0 bridgehead atoms. The molecule has 0 aliphatic carbocycles. The average Bonchev–Trinajstić information content (AvgIpc) is 2.30. The molecule has 2 aromatic rings. The van der Waals surface area contributed by atoms with E-state index in [1.165, 1.54) is 18.6 Å². The largest absolute Gasteiger partial charge is 0.481 e. The maximum absolute atomic E-state index is 13.6. The molecule has 0 spiro atoms. The van der Waals surface area contributed by atoms with Gasteiger partial charge in [-0.05, 0) is 12.1 Å². The fourth-order valence-corrected chi connectivity index (χ4v) is 1.55. The van der Waals surface area contributed by atoms with Crippen molar-refractivity contribution in [2.24, 2.45) is 0 Å². The van der Waals surface area contributed by atoms with Gasteiger partial charge in [-0.3, -0.25) is 4.79 Å². The molecule has 1 aromatic carbocycles. The van der Waals surface area contributed by atoms with Gasteiger partial charge in [-0.2, -0.15) is 0 Å². The Morgan fingerprint density at radius 1 is 1.35 bits per heavy atom. The zero-order valence-electron chi connectivity index (χ0n) is 8.80. The highest BCUT2D eigenvalue weighted by molar-refractivity contribution is 5.74. The topological polar surface area (TPSA) is 63.1 Å². The number of aromatic nitrogens is 2. The molecule has 0 aliphatic heterocycles. The van der Waals surface area contributed by atoms with Gasteiger partial charge >= 0.3 is 5.97 Å². The number of nitrogens with zero attached hydrogens (tertiary/aromatic N) is 2. The summed E-state index contributed by atoms with van der Waals surface area (Å²) in [6.45, 7) is 0. The van der Waals surface area contributed by atoms with Gasteiger partial charge in [-0.15, -0.1) is 0 Å².